The first kappa shape index (κ1) is 19.7. The molecule has 0 unspecified atom stereocenters. The smallest absolute Gasteiger partial charge is 0.192 e. The Morgan fingerprint density at radius 3 is 2.62 bits per heavy atom. The number of hydrogen-bond donors (Lipinski definition) is 1. The minimum absolute atomic E-state index is 0.0181. The Hall–Kier alpha value is -1.04. The standard InChI is InChI=1S/C21H34O4Si/c1-20(2,3)26(5,6)24-14-21-12-8-7-9-17(21)25-19-16(23-4)11-10-15(13-22)18(19)21/h10-11,17,22H,7-9,12-14H2,1-6H3/t17-,21-/m0/s1. The molecule has 1 aliphatic carbocycles. The molecule has 0 aromatic heterocycles. The van der Waals surface area contributed by atoms with Crippen LogP contribution in [0.25, 0.3) is 0 Å². The van der Waals surface area contributed by atoms with Crippen molar-refractivity contribution in [3.8, 4) is 11.5 Å². The number of aliphatic hydroxyl groups is 1. The summed E-state index contributed by atoms with van der Waals surface area (Å²) in [7, 11) is -0.195. The molecule has 2 aliphatic rings. The van der Waals surface area contributed by atoms with Gasteiger partial charge in [-0.25, -0.2) is 0 Å². The van der Waals surface area contributed by atoms with Crippen LogP contribution in [-0.2, 0) is 16.4 Å². The molecule has 1 heterocycles. The lowest BCUT2D eigenvalue weighted by molar-refractivity contribution is 0.0556. The zero-order valence-corrected chi connectivity index (χ0v) is 18.1. The Bertz CT molecular complexity index is 665. The van der Waals surface area contributed by atoms with Gasteiger partial charge in [-0.15, -0.1) is 0 Å². The van der Waals surface area contributed by atoms with Gasteiger partial charge in [0.25, 0.3) is 0 Å². The quantitative estimate of drug-likeness (QED) is 0.749. The van der Waals surface area contributed by atoms with Gasteiger partial charge in [0.2, 0.25) is 0 Å². The van der Waals surface area contributed by atoms with E-state index in [1.165, 1.54) is 12.8 Å². The van der Waals surface area contributed by atoms with E-state index in [4.69, 9.17) is 13.9 Å². The van der Waals surface area contributed by atoms with Gasteiger partial charge in [0.1, 0.15) is 6.10 Å². The van der Waals surface area contributed by atoms with E-state index in [1.807, 2.05) is 12.1 Å². The van der Waals surface area contributed by atoms with Gasteiger partial charge < -0.3 is 19.0 Å². The second-order valence-corrected chi connectivity index (χ2v) is 14.2. The van der Waals surface area contributed by atoms with Crippen LogP contribution in [0.3, 0.4) is 0 Å². The number of fused-ring (bicyclic) bond motifs is 3. The topological polar surface area (TPSA) is 47.9 Å². The van der Waals surface area contributed by atoms with E-state index in [0.29, 0.717) is 6.61 Å². The van der Waals surface area contributed by atoms with Crippen molar-refractivity contribution in [1.29, 1.82) is 0 Å². The van der Waals surface area contributed by atoms with E-state index >= 15 is 0 Å². The van der Waals surface area contributed by atoms with Crippen LogP contribution in [0.4, 0.5) is 0 Å². The average Bonchev–Trinajstić information content (AvgIpc) is 2.94. The first-order valence-corrected chi connectivity index (χ1v) is 12.7. The predicted molar refractivity (Wildman–Crippen MR) is 107 cm³/mol. The zero-order chi connectivity index (χ0) is 19.2. The Balaban J connectivity index is 2.04. The fourth-order valence-corrected chi connectivity index (χ4v) is 5.18. The van der Waals surface area contributed by atoms with E-state index in [2.05, 4.69) is 33.9 Å². The molecule has 0 spiro atoms. The van der Waals surface area contributed by atoms with Gasteiger partial charge >= 0.3 is 0 Å². The maximum Gasteiger partial charge on any atom is 0.192 e. The number of benzene rings is 1. The summed E-state index contributed by atoms with van der Waals surface area (Å²) in [5.41, 5.74) is 1.90. The molecule has 1 fully saturated rings. The molecule has 0 bridgehead atoms. The average molecular weight is 379 g/mol. The lowest BCUT2D eigenvalue weighted by Gasteiger charge is -2.43. The second kappa shape index (κ2) is 6.84. The van der Waals surface area contributed by atoms with Crippen molar-refractivity contribution in [3.05, 3.63) is 23.3 Å². The van der Waals surface area contributed by atoms with Gasteiger partial charge in [0, 0.05) is 12.2 Å². The highest BCUT2D eigenvalue weighted by Crippen LogP contribution is 2.55. The third kappa shape index (κ3) is 3.08. The van der Waals surface area contributed by atoms with E-state index in [-0.39, 0.29) is 23.2 Å². The summed E-state index contributed by atoms with van der Waals surface area (Å²) >= 11 is 0. The first-order chi connectivity index (χ1) is 12.2. The van der Waals surface area contributed by atoms with Crippen molar-refractivity contribution in [1.82, 2.24) is 0 Å². The highest BCUT2D eigenvalue weighted by atomic mass is 28.4. The van der Waals surface area contributed by atoms with Crippen LogP contribution < -0.4 is 9.47 Å². The fraction of sp³-hybridized carbons (Fsp3) is 0.714. The molecule has 0 saturated heterocycles. The van der Waals surface area contributed by atoms with Crippen LogP contribution in [0.15, 0.2) is 12.1 Å². The molecular weight excluding hydrogens is 344 g/mol. The summed E-state index contributed by atoms with van der Waals surface area (Å²) in [5.74, 6) is 1.59. The van der Waals surface area contributed by atoms with Crippen LogP contribution in [0.5, 0.6) is 11.5 Å². The van der Waals surface area contributed by atoms with E-state index in [1.54, 1.807) is 7.11 Å². The minimum atomic E-state index is -1.87. The molecule has 4 nitrogen and oxygen atoms in total. The maximum absolute atomic E-state index is 10.00. The Morgan fingerprint density at radius 1 is 1.27 bits per heavy atom. The normalized spacial score (nSPS) is 25.4. The van der Waals surface area contributed by atoms with Crippen LogP contribution in [0.1, 0.15) is 57.6 Å². The van der Waals surface area contributed by atoms with Crippen molar-refractivity contribution in [2.75, 3.05) is 13.7 Å². The molecule has 5 heteroatoms. The first-order valence-electron chi connectivity index (χ1n) is 9.78. The molecule has 0 amide bonds. The van der Waals surface area contributed by atoms with Crippen LogP contribution >= 0.6 is 0 Å². The van der Waals surface area contributed by atoms with E-state index in [0.717, 1.165) is 35.5 Å². The molecule has 3 rings (SSSR count). The van der Waals surface area contributed by atoms with Crippen molar-refractivity contribution in [2.45, 2.75) is 82.7 Å². The lowest BCUT2D eigenvalue weighted by atomic mass is 9.68. The SMILES string of the molecule is COc1ccc(CO)c2c1O[C@H]1CCCC[C@@]21CO[Si](C)(C)C(C)(C)C. The molecule has 0 radical (unpaired) electrons. The molecule has 1 N–H and O–H groups in total. The van der Waals surface area contributed by atoms with Gasteiger partial charge in [-0.1, -0.05) is 33.3 Å². The van der Waals surface area contributed by atoms with Crippen molar-refractivity contribution < 1.29 is 19.0 Å². The van der Waals surface area contributed by atoms with Crippen LogP contribution in [-0.4, -0.2) is 33.2 Å². The fourth-order valence-electron chi connectivity index (χ4n) is 4.13. The molecule has 1 aliphatic heterocycles. The zero-order valence-electron chi connectivity index (χ0n) is 17.1. The van der Waals surface area contributed by atoms with Gasteiger partial charge in [0.05, 0.1) is 19.1 Å². The highest BCUT2D eigenvalue weighted by molar-refractivity contribution is 6.74. The molecular formula is C21H34O4Si. The van der Waals surface area contributed by atoms with Gasteiger partial charge in [-0.05, 0) is 49.0 Å². The molecule has 2 atom stereocenters. The predicted octanol–water partition coefficient (Wildman–Crippen LogP) is 4.78. The van der Waals surface area contributed by atoms with Crippen molar-refractivity contribution in [2.24, 2.45) is 0 Å². The monoisotopic (exact) mass is 378 g/mol. The largest absolute Gasteiger partial charge is 0.493 e. The second-order valence-electron chi connectivity index (χ2n) is 9.35. The molecule has 1 aromatic carbocycles. The summed E-state index contributed by atoms with van der Waals surface area (Å²) in [6.45, 7) is 12.1. The molecule has 1 saturated carbocycles. The maximum atomic E-state index is 10.00. The Morgan fingerprint density at radius 2 is 2.00 bits per heavy atom. The summed E-state index contributed by atoms with van der Waals surface area (Å²) in [5, 5.41) is 10.2. The highest BCUT2D eigenvalue weighted by Gasteiger charge is 2.53. The van der Waals surface area contributed by atoms with Gasteiger partial charge in [-0.3, -0.25) is 0 Å². The Kier molecular flexibility index (Phi) is 5.19. The van der Waals surface area contributed by atoms with Gasteiger partial charge in [-0.2, -0.15) is 0 Å². The summed E-state index contributed by atoms with van der Waals surface area (Å²) < 4.78 is 18.7. The van der Waals surface area contributed by atoms with Crippen LogP contribution in [0.2, 0.25) is 18.1 Å². The third-order valence-electron chi connectivity index (χ3n) is 6.81. The van der Waals surface area contributed by atoms with Crippen molar-refractivity contribution in [3.63, 3.8) is 0 Å². The number of methoxy groups -OCH3 is 1. The Labute approximate surface area is 159 Å². The summed E-state index contributed by atoms with van der Waals surface area (Å²) in [6.07, 6.45) is 4.53. The summed E-state index contributed by atoms with van der Waals surface area (Å²) in [4.78, 5) is 0. The van der Waals surface area contributed by atoms with E-state index < -0.39 is 8.32 Å². The third-order valence-corrected chi connectivity index (χ3v) is 11.3. The number of aliphatic hydroxyl groups excluding tert-OH is 1. The van der Waals surface area contributed by atoms with Gasteiger partial charge in [0.15, 0.2) is 19.8 Å². The number of ether oxygens (including phenoxy) is 2. The molecule has 26 heavy (non-hydrogen) atoms. The van der Waals surface area contributed by atoms with Crippen molar-refractivity contribution >= 4 is 8.32 Å². The molecule has 1 aromatic rings. The number of hydrogen-bond acceptors (Lipinski definition) is 4. The minimum Gasteiger partial charge on any atom is -0.493 e. The summed E-state index contributed by atoms with van der Waals surface area (Å²) in [6, 6.07) is 3.89. The van der Waals surface area contributed by atoms with E-state index in [9.17, 15) is 5.11 Å². The number of rotatable bonds is 5. The lowest BCUT2D eigenvalue weighted by Crippen LogP contribution is -2.50. The molecule has 146 valence electrons. The van der Waals surface area contributed by atoms with Crippen LogP contribution in [0, 0.1) is 0 Å².